The van der Waals surface area contributed by atoms with Crippen LogP contribution in [0.4, 0.5) is 4.79 Å². The molecule has 2 unspecified atom stereocenters. The molecule has 3 heterocycles. The molecule has 1 aromatic rings. The summed E-state index contributed by atoms with van der Waals surface area (Å²) in [4.78, 5) is 33.7. The van der Waals surface area contributed by atoms with Crippen LogP contribution in [0.15, 0.2) is 12.4 Å². The molecule has 22 heavy (non-hydrogen) atoms. The molecule has 3 rings (SSSR count). The highest BCUT2D eigenvalue weighted by atomic mass is 35.5. The van der Waals surface area contributed by atoms with Crippen LogP contribution in [-0.4, -0.2) is 46.1 Å². The topological polar surface area (TPSA) is 84.4 Å². The van der Waals surface area contributed by atoms with Crippen molar-refractivity contribution in [2.45, 2.75) is 31.8 Å². The first kappa shape index (κ1) is 15.0. The Morgan fingerprint density at radius 3 is 3.00 bits per heavy atom. The maximum Gasteiger partial charge on any atom is 0.410 e. The first-order valence-electron chi connectivity index (χ1n) is 7.31. The predicted molar refractivity (Wildman–Crippen MR) is 78.1 cm³/mol. The number of rotatable bonds is 3. The molecule has 2 amide bonds. The summed E-state index contributed by atoms with van der Waals surface area (Å²) >= 11 is 5.91. The molecule has 2 aliphatic rings. The zero-order chi connectivity index (χ0) is 15.5. The van der Waals surface area contributed by atoms with Gasteiger partial charge in [0.05, 0.1) is 24.8 Å². The Kier molecular flexibility index (Phi) is 4.42. The Bertz CT molecular complexity index is 583. The summed E-state index contributed by atoms with van der Waals surface area (Å²) in [6, 6.07) is 0.208. The van der Waals surface area contributed by atoms with Gasteiger partial charge in [-0.05, 0) is 12.8 Å². The van der Waals surface area contributed by atoms with E-state index in [0.29, 0.717) is 18.8 Å². The van der Waals surface area contributed by atoms with E-state index in [4.69, 9.17) is 16.3 Å². The van der Waals surface area contributed by atoms with Gasteiger partial charge in [0.25, 0.3) is 0 Å². The van der Waals surface area contributed by atoms with E-state index in [1.807, 2.05) is 0 Å². The number of nitrogens with one attached hydrogen (secondary N) is 1. The SMILES string of the molecule is O=C(NCc1nccnc1Cl)C1CCC2CCOC(=O)N2C1. The van der Waals surface area contributed by atoms with E-state index in [1.54, 1.807) is 4.90 Å². The summed E-state index contributed by atoms with van der Waals surface area (Å²) in [5.74, 6) is -0.323. The fraction of sp³-hybridized carbons (Fsp3) is 0.571. The van der Waals surface area contributed by atoms with Crippen LogP contribution < -0.4 is 5.32 Å². The van der Waals surface area contributed by atoms with Crippen molar-refractivity contribution in [2.75, 3.05) is 13.2 Å². The van der Waals surface area contributed by atoms with Gasteiger partial charge >= 0.3 is 6.09 Å². The van der Waals surface area contributed by atoms with Gasteiger partial charge in [0.1, 0.15) is 0 Å². The average molecular weight is 325 g/mol. The zero-order valence-electron chi connectivity index (χ0n) is 12.0. The zero-order valence-corrected chi connectivity index (χ0v) is 12.8. The molecule has 0 bridgehead atoms. The molecule has 0 radical (unpaired) electrons. The monoisotopic (exact) mass is 324 g/mol. The van der Waals surface area contributed by atoms with Gasteiger partial charge in [-0.15, -0.1) is 0 Å². The minimum absolute atomic E-state index is 0.0986. The molecule has 2 aliphatic heterocycles. The molecule has 7 nitrogen and oxygen atoms in total. The van der Waals surface area contributed by atoms with Gasteiger partial charge in [-0.1, -0.05) is 11.6 Å². The van der Waals surface area contributed by atoms with Crippen LogP contribution in [0.3, 0.4) is 0 Å². The van der Waals surface area contributed by atoms with Crippen molar-refractivity contribution in [1.82, 2.24) is 20.2 Å². The number of aromatic nitrogens is 2. The number of amides is 2. The quantitative estimate of drug-likeness (QED) is 0.907. The Morgan fingerprint density at radius 2 is 2.18 bits per heavy atom. The molecule has 0 aromatic carbocycles. The first-order valence-corrected chi connectivity index (χ1v) is 7.69. The van der Waals surface area contributed by atoms with E-state index < -0.39 is 0 Å². The van der Waals surface area contributed by atoms with Crippen LogP contribution in [0.2, 0.25) is 5.15 Å². The lowest BCUT2D eigenvalue weighted by Gasteiger charge is -2.41. The van der Waals surface area contributed by atoms with Crippen molar-refractivity contribution in [1.29, 1.82) is 0 Å². The van der Waals surface area contributed by atoms with Crippen LogP contribution in [0.25, 0.3) is 0 Å². The number of nitrogens with zero attached hydrogens (tertiary/aromatic N) is 3. The highest BCUT2D eigenvalue weighted by Gasteiger charge is 2.37. The fourth-order valence-corrected chi connectivity index (χ4v) is 3.09. The number of piperidine rings is 1. The first-order chi connectivity index (χ1) is 10.6. The maximum absolute atomic E-state index is 12.3. The number of hydrogen-bond donors (Lipinski definition) is 1. The molecule has 2 atom stereocenters. The third-order valence-electron chi connectivity index (χ3n) is 4.14. The summed E-state index contributed by atoms with van der Waals surface area (Å²) in [6.45, 7) is 1.11. The average Bonchev–Trinajstić information content (AvgIpc) is 2.54. The highest BCUT2D eigenvalue weighted by Crippen LogP contribution is 2.27. The Balaban J connectivity index is 1.57. The van der Waals surface area contributed by atoms with Crippen molar-refractivity contribution in [3.8, 4) is 0 Å². The third kappa shape index (κ3) is 3.14. The van der Waals surface area contributed by atoms with Crippen LogP contribution in [0, 0.1) is 5.92 Å². The lowest BCUT2D eigenvalue weighted by molar-refractivity contribution is -0.127. The van der Waals surface area contributed by atoms with E-state index in [9.17, 15) is 9.59 Å². The predicted octanol–water partition coefficient (Wildman–Crippen LogP) is 1.37. The summed E-state index contributed by atoms with van der Waals surface area (Å²) in [5, 5.41) is 3.10. The van der Waals surface area contributed by atoms with Gasteiger partial charge in [0.15, 0.2) is 5.15 Å². The smallest absolute Gasteiger partial charge is 0.410 e. The minimum atomic E-state index is -0.314. The molecule has 0 saturated carbocycles. The number of halogens is 1. The second kappa shape index (κ2) is 6.48. The molecule has 1 aromatic heterocycles. The van der Waals surface area contributed by atoms with Crippen molar-refractivity contribution in [3.63, 3.8) is 0 Å². The van der Waals surface area contributed by atoms with Gasteiger partial charge in [-0.2, -0.15) is 0 Å². The lowest BCUT2D eigenvalue weighted by atomic mass is 9.90. The number of ether oxygens (including phenoxy) is 1. The van der Waals surface area contributed by atoms with Crippen molar-refractivity contribution < 1.29 is 14.3 Å². The largest absolute Gasteiger partial charge is 0.449 e. The number of carbonyl (C=O) groups is 2. The maximum atomic E-state index is 12.3. The summed E-state index contributed by atoms with van der Waals surface area (Å²) in [7, 11) is 0. The van der Waals surface area contributed by atoms with Gasteiger partial charge in [-0.25, -0.2) is 9.78 Å². The summed E-state index contributed by atoms with van der Waals surface area (Å²) in [5.41, 5.74) is 0.531. The second-order valence-electron chi connectivity index (χ2n) is 5.50. The minimum Gasteiger partial charge on any atom is -0.449 e. The molecular weight excluding hydrogens is 308 g/mol. The second-order valence-corrected chi connectivity index (χ2v) is 5.85. The fourth-order valence-electron chi connectivity index (χ4n) is 2.91. The normalized spacial score (nSPS) is 24.4. The van der Waals surface area contributed by atoms with Gasteiger partial charge in [0, 0.05) is 31.4 Å². The van der Waals surface area contributed by atoms with Gasteiger partial charge < -0.3 is 15.0 Å². The van der Waals surface area contributed by atoms with E-state index in [1.165, 1.54) is 12.4 Å². The van der Waals surface area contributed by atoms with Crippen LogP contribution >= 0.6 is 11.6 Å². The van der Waals surface area contributed by atoms with E-state index in [-0.39, 0.29) is 35.7 Å². The van der Waals surface area contributed by atoms with Gasteiger partial charge in [0.2, 0.25) is 5.91 Å². The number of hydrogen-bond acceptors (Lipinski definition) is 5. The van der Waals surface area contributed by atoms with E-state index >= 15 is 0 Å². The Hall–Kier alpha value is -1.89. The highest BCUT2D eigenvalue weighted by molar-refractivity contribution is 6.29. The number of cyclic esters (lactones) is 1. The Morgan fingerprint density at radius 1 is 1.36 bits per heavy atom. The van der Waals surface area contributed by atoms with Crippen LogP contribution in [0.5, 0.6) is 0 Å². The lowest BCUT2D eigenvalue weighted by Crippen LogP contribution is -2.53. The van der Waals surface area contributed by atoms with Crippen LogP contribution in [0.1, 0.15) is 25.0 Å². The third-order valence-corrected chi connectivity index (χ3v) is 4.46. The van der Waals surface area contributed by atoms with Crippen LogP contribution in [-0.2, 0) is 16.1 Å². The molecular formula is C14H17ClN4O3. The summed E-state index contributed by atoms with van der Waals surface area (Å²) < 4.78 is 5.04. The molecule has 1 N–H and O–H groups in total. The van der Waals surface area contributed by atoms with E-state index in [0.717, 1.165) is 19.3 Å². The molecule has 0 spiro atoms. The van der Waals surface area contributed by atoms with Crippen molar-refractivity contribution in [2.24, 2.45) is 5.92 Å². The molecule has 8 heteroatoms. The van der Waals surface area contributed by atoms with Crippen molar-refractivity contribution >= 4 is 23.6 Å². The molecule has 2 fully saturated rings. The molecule has 2 saturated heterocycles. The van der Waals surface area contributed by atoms with Crippen molar-refractivity contribution in [3.05, 3.63) is 23.2 Å². The number of carbonyl (C=O) groups excluding carboxylic acids is 2. The van der Waals surface area contributed by atoms with Gasteiger partial charge in [-0.3, -0.25) is 9.78 Å². The molecule has 118 valence electrons. The standard InChI is InChI=1S/C14H17ClN4O3/c15-12-11(16-4-5-17-12)7-18-13(20)9-1-2-10-3-6-22-14(21)19(10)8-9/h4-5,9-10H,1-3,6-8H2,(H,18,20). The van der Waals surface area contributed by atoms with E-state index in [2.05, 4.69) is 15.3 Å². The Labute approximate surface area is 133 Å². The summed E-state index contributed by atoms with van der Waals surface area (Å²) in [6.07, 6.45) is 5.16. The molecule has 0 aliphatic carbocycles. The number of fused-ring (bicyclic) bond motifs is 1.